The van der Waals surface area contributed by atoms with Gasteiger partial charge in [-0.2, -0.15) is 15.6 Å². The Labute approximate surface area is 238 Å². The highest BCUT2D eigenvalue weighted by Crippen LogP contribution is 2.37. The SMILES string of the molecule is CN(C)Cc1cc(C#N)cc(C(=O)N2CCC(N3CC(CC#N)(n4cc(-c5ncnc6[nH]ccc56)cn4)C3)CC2)c1. The van der Waals surface area contributed by atoms with Gasteiger partial charge >= 0.3 is 0 Å². The normalized spacial score (nSPS) is 17.3. The minimum atomic E-state index is -0.384. The molecule has 6 rings (SSSR count). The van der Waals surface area contributed by atoms with Crippen LogP contribution in [0.5, 0.6) is 0 Å². The summed E-state index contributed by atoms with van der Waals surface area (Å²) in [6.45, 7) is 3.47. The molecule has 2 aliphatic rings. The molecule has 2 saturated heterocycles. The zero-order valence-corrected chi connectivity index (χ0v) is 23.3. The first kappa shape index (κ1) is 26.6. The summed E-state index contributed by atoms with van der Waals surface area (Å²) in [5.74, 6) is -0.0201. The molecule has 41 heavy (non-hydrogen) atoms. The smallest absolute Gasteiger partial charge is 0.253 e. The Morgan fingerprint density at radius 2 is 1.98 bits per heavy atom. The fourth-order valence-corrected chi connectivity index (χ4v) is 6.21. The number of hydrogen-bond acceptors (Lipinski definition) is 8. The lowest BCUT2D eigenvalue weighted by Crippen LogP contribution is -2.66. The van der Waals surface area contributed by atoms with Gasteiger partial charge in [0, 0.05) is 67.7 Å². The van der Waals surface area contributed by atoms with E-state index in [1.54, 1.807) is 12.4 Å². The number of carbonyl (C=O) groups excluding carboxylic acids is 1. The maximum Gasteiger partial charge on any atom is 0.253 e. The molecule has 3 aromatic heterocycles. The maximum absolute atomic E-state index is 13.4. The van der Waals surface area contributed by atoms with Crippen molar-refractivity contribution in [2.24, 2.45) is 0 Å². The number of rotatable bonds is 7. The van der Waals surface area contributed by atoms with Crippen molar-refractivity contribution in [1.82, 2.24) is 39.4 Å². The molecule has 0 atom stereocenters. The molecular formula is C30H32N10O. The van der Waals surface area contributed by atoms with Crippen LogP contribution in [-0.4, -0.2) is 91.7 Å². The van der Waals surface area contributed by atoms with E-state index in [0.29, 0.717) is 43.2 Å². The molecule has 0 radical (unpaired) electrons. The van der Waals surface area contributed by atoms with Crippen molar-refractivity contribution in [2.45, 2.75) is 37.4 Å². The summed E-state index contributed by atoms with van der Waals surface area (Å²) in [7, 11) is 3.94. The lowest BCUT2D eigenvalue weighted by atomic mass is 9.83. The number of H-pyrrole nitrogens is 1. The van der Waals surface area contributed by atoms with E-state index in [2.05, 4.69) is 37.1 Å². The molecule has 4 aromatic rings. The fourth-order valence-electron chi connectivity index (χ4n) is 6.21. The second-order valence-electron chi connectivity index (χ2n) is 11.4. The van der Waals surface area contributed by atoms with Crippen molar-refractivity contribution in [3.63, 3.8) is 0 Å². The Balaban J connectivity index is 1.11. The zero-order valence-electron chi connectivity index (χ0n) is 23.3. The van der Waals surface area contributed by atoms with Crippen LogP contribution in [0.2, 0.25) is 0 Å². The van der Waals surface area contributed by atoms with Crippen LogP contribution in [0.1, 0.15) is 40.7 Å². The fraction of sp³-hybridized carbons (Fsp3) is 0.400. The molecule has 0 unspecified atom stereocenters. The van der Waals surface area contributed by atoms with Crippen LogP contribution in [0.3, 0.4) is 0 Å². The molecule has 208 valence electrons. The minimum Gasteiger partial charge on any atom is -0.346 e. The number of nitrogens with zero attached hydrogens (tertiary/aromatic N) is 9. The van der Waals surface area contributed by atoms with Crippen molar-refractivity contribution in [3.05, 3.63) is 65.9 Å². The first-order valence-corrected chi connectivity index (χ1v) is 13.8. The van der Waals surface area contributed by atoms with Crippen LogP contribution in [0.15, 0.2) is 49.2 Å². The van der Waals surface area contributed by atoms with E-state index in [9.17, 15) is 15.3 Å². The standard InChI is InChI=1S/C30H32N10O/c1-37(2)16-22-11-21(14-32)12-23(13-22)29(41)38-9-4-25(5-10-38)39-18-30(19-39,6-7-31)40-17-24(15-36-40)27-26-3-8-33-28(26)35-20-34-27/h3,8,11-13,15,17,20,25H,4-6,9-10,16,18-19H2,1-2H3,(H,33,34,35). The highest BCUT2D eigenvalue weighted by molar-refractivity contribution is 5.95. The Morgan fingerprint density at radius 3 is 2.71 bits per heavy atom. The number of aromatic amines is 1. The molecular weight excluding hydrogens is 516 g/mol. The number of amides is 1. The van der Waals surface area contributed by atoms with Gasteiger partial charge in [0.25, 0.3) is 5.91 Å². The highest BCUT2D eigenvalue weighted by Gasteiger charge is 2.48. The van der Waals surface area contributed by atoms with Crippen LogP contribution in [0.4, 0.5) is 0 Å². The summed E-state index contributed by atoms with van der Waals surface area (Å²) >= 11 is 0. The third-order valence-electron chi connectivity index (χ3n) is 8.23. The topological polar surface area (TPSA) is 134 Å². The zero-order chi connectivity index (χ0) is 28.6. The van der Waals surface area contributed by atoms with Crippen molar-refractivity contribution >= 4 is 16.9 Å². The summed E-state index contributed by atoms with van der Waals surface area (Å²) in [5, 5.41) is 24.7. The number of hydrogen-bond donors (Lipinski definition) is 1. The Bertz CT molecular complexity index is 1660. The summed E-state index contributed by atoms with van der Waals surface area (Å²) in [5.41, 5.74) is 4.15. The summed E-state index contributed by atoms with van der Waals surface area (Å²) in [6, 6.07) is 12.3. The first-order valence-electron chi connectivity index (χ1n) is 13.8. The second kappa shape index (κ2) is 10.8. The van der Waals surface area contributed by atoms with E-state index in [1.165, 1.54) is 0 Å². The Kier molecular flexibility index (Phi) is 7.00. The number of aromatic nitrogens is 5. The summed E-state index contributed by atoms with van der Waals surface area (Å²) in [6.07, 6.45) is 9.30. The van der Waals surface area contributed by atoms with Gasteiger partial charge in [-0.3, -0.25) is 14.4 Å². The number of likely N-dealkylation sites (tertiary alicyclic amines) is 2. The summed E-state index contributed by atoms with van der Waals surface area (Å²) in [4.78, 5) is 31.6. The minimum absolute atomic E-state index is 0.0201. The van der Waals surface area contributed by atoms with Gasteiger partial charge in [0.1, 0.15) is 17.5 Å². The van der Waals surface area contributed by atoms with E-state index in [1.807, 2.05) is 65.4 Å². The molecule has 5 heterocycles. The van der Waals surface area contributed by atoms with Crippen molar-refractivity contribution in [1.29, 1.82) is 10.5 Å². The van der Waals surface area contributed by atoms with E-state index >= 15 is 0 Å². The lowest BCUT2D eigenvalue weighted by Gasteiger charge is -2.53. The van der Waals surface area contributed by atoms with Gasteiger partial charge in [-0.25, -0.2) is 9.97 Å². The number of nitrogens with one attached hydrogen (secondary N) is 1. The van der Waals surface area contributed by atoms with Crippen molar-refractivity contribution in [2.75, 3.05) is 40.3 Å². The molecule has 1 aromatic carbocycles. The predicted molar refractivity (Wildman–Crippen MR) is 152 cm³/mol. The van der Waals surface area contributed by atoms with Gasteiger partial charge < -0.3 is 14.8 Å². The molecule has 11 nitrogen and oxygen atoms in total. The van der Waals surface area contributed by atoms with E-state index in [0.717, 1.165) is 53.8 Å². The van der Waals surface area contributed by atoms with Gasteiger partial charge in [0.15, 0.2) is 0 Å². The van der Waals surface area contributed by atoms with E-state index in [-0.39, 0.29) is 11.4 Å². The molecule has 1 amide bonds. The average molecular weight is 549 g/mol. The predicted octanol–water partition coefficient (Wildman–Crippen LogP) is 2.98. The van der Waals surface area contributed by atoms with Crippen LogP contribution >= 0.6 is 0 Å². The monoisotopic (exact) mass is 548 g/mol. The van der Waals surface area contributed by atoms with Gasteiger partial charge in [-0.1, -0.05) is 0 Å². The van der Waals surface area contributed by atoms with Gasteiger partial charge in [0.2, 0.25) is 0 Å². The number of fused-ring (bicyclic) bond motifs is 1. The number of piperidine rings is 1. The molecule has 0 bridgehead atoms. The number of nitriles is 2. The quantitative estimate of drug-likeness (QED) is 0.373. The van der Waals surface area contributed by atoms with Crippen LogP contribution < -0.4 is 0 Å². The molecule has 11 heteroatoms. The third-order valence-corrected chi connectivity index (χ3v) is 8.23. The second-order valence-corrected chi connectivity index (χ2v) is 11.4. The van der Waals surface area contributed by atoms with Gasteiger partial charge in [-0.05, 0) is 56.8 Å². The lowest BCUT2D eigenvalue weighted by molar-refractivity contribution is -0.0412. The highest BCUT2D eigenvalue weighted by atomic mass is 16.2. The maximum atomic E-state index is 13.4. The van der Waals surface area contributed by atoms with Crippen molar-refractivity contribution < 1.29 is 4.79 Å². The Hall–Kier alpha value is -4.58. The van der Waals surface area contributed by atoms with E-state index in [4.69, 9.17) is 0 Å². The summed E-state index contributed by atoms with van der Waals surface area (Å²) < 4.78 is 1.94. The Morgan fingerprint density at radius 1 is 1.17 bits per heavy atom. The molecule has 2 aliphatic heterocycles. The molecule has 0 aliphatic carbocycles. The number of carbonyl (C=O) groups is 1. The van der Waals surface area contributed by atoms with Gasteiger partial charge in [-0.15, -0.1) is 0 Å². The van der Waals surface area contributed by atoms with E-state index < -0.39 is 0 Å². The molecule has 0 saturated carbocycles. The third kappa shape index (κ3) is 5.06. The molecule has 2 fully saturated rings. The van der Waals surface area contributed by atoms with Crippen LogP contribution in [0.25, 0.3) is 22.3 Å². The van der Waals surface area contributed by atoms with Crippen LogP contribution in [-0.2, 0) is 12.1 Å². The van der Waals surface area contributed by atoms with Crippen molar-refractivity contribution in [3.8, 4) is 23.4 Å². The average Bonchev–Trinajstić information content (AvgIpc) is 3.64. The number of benzene rings is 1. The first-order chi connectivity index (χ1) is 19.9. The van der Waals surface area contributed by atoms with Crippen LogP contribution in [0, 0.1) is 22.7 Å². The molecule has 1 N–H and O–H groups in total. The van der Waals surface area contributed by atoms with Gasteiger partial charge in [0.05, 0.1) is 36.0 Å². The largest absolute Gasteiger partial charge is 0.346 e. The molecule has 0 spiro atoms.